The Morgan fingerprint density at radius 1 is 0.976 bits per heavy atom. The predicted octanol–water partition coefficient (Wildman–Crippen LogP) is 5.79. The molecular weight excluding hydrogens is 560 g/mol. The lowest BCUT2D eigenvalue weighted by Crippen LogP contribution is -2.49. The summed E-state index contributed by atoms with van der Waals surface area (Å²) in [6, 6.07) is 24.5. The van der Waals surface area contributed by atoms with E-state index in [1.807, 2.05) is 75.5 Å². The minimum atomic E-state index is -0.243. The van der Waals surface area contributed by atoms with Gasteiger partial charge in [-0.2, -0.15) is 0 Å². The molecular formula is C30H27FN6O2S2. The van der Waals surface area contributed by atoms with Crippen LogP contribution in [0.1, 0.15) is 15.5 Å². The Bertz CT molecular complexity index is 1650. The standard InChI is InChI=1S/C30H27FN6O2S2/c1-39-23-11-7-8-21(18-23)28-33-34-30(37(28)22-9-3-2-4-10-22)41-20-27-32-25(19-40-27)29(38)36-16-14-35(15-17-36)26-13-6-5-12-24(26)31/h2-13,18-19H,14-17,20H2,1H3. The fraction of sp³-hybridized carbons (Fsp3) is 0.200. The van der Waals surface area contributed by atoms with E-state index in [1.165, 1.54) is 29.2 Å². The Labute approximate surface area is 245 Å². The summed E-state index contributed by atoms with van der Waals surface area (Å²) in [6.45, 7) is 2.18. The lowest BCUT2D eigenvalue weighted by Gasteiger charge is -2.35. The molecule has 0 N–H and O–H groups in total. The van der Waals surface area contributed by atoms with Crippen molar-refractivity contribution < 1.29 is 13.9 Å². The predicted molar refractivity (Wildman–Crippen MR) is 160 cm³/mol. The van der Waals surface area contributed by atoms with Crippen LogP contribution in [-0.2, 0) is 5.75 Å². The number of thiazole rings is 1. The molecule has 41 heavy (non-hydrogen) atoms. The number of piperazine rings is 1. The van der Waals surface area contributed by atoms with Gasteiger partial charge in [-0.3, -0.25) is 9.36 Å². The molecule has 208 valence electrons. The minimum absolute atomic E-state index is 0.0987. The van der Waals surface area contributed by atoms with Gasteiger partial charge in [-0.05, 0) is 36.4 Å². The van der Waals surface area contributed by atoms with Gasteiger partial charge in [0.1, 0.15) is 22.3 Å². The smallest absolute Gasteiger partial charge is 0.273 e. The molecule has 8 nitrogen and oxygen atoms in total. The lowest BCUT2D eigenvalue weighted by atomic mass is 10.2. The van der Waals surface area contributed by atoms with Crippen LogP contribution < -0.4 is 9.64 Å². The van der Waals surface area contributed by atoms with Crippen LogP contribution in [0.4, 0.5) is 10.1 Å². The highest BCUT2D eigenvalue weighted by molar-refractivity contribution is 7.98. The van der Waals surface area contributed by atoms with Gasteiger partial charge in [0.05, 0.1) is 18.6 Å². The maximum absolute atomic E-state index is 14.2. The molecule has 0 saturated carbocycles. The molecule has 0 atom stereocenters. The van der Waals surface area contributed by atoms with Crippen molar-refractivity contribution in [2.24, 2.45) is 0 Å². The topological polar surface area (TPSA) is 76.4 Å². The summed E-state index contributed by atoms with van der Waals surface area (Å²) in [5.41, 5.74) is 2.85. The second kappa shape index (κ2) is 12.1. The van der Waals surface area contributed by atoms with Crippen molar-refractivity contribution in [3.05, 3.63) is 101 Å². The first kappa shape index (κ1) is 27.0. The van der Waals surface area contributed by atoms with Crippen molar-refractivity contribution in [1.29, 1.82) is 0 Å². The Morgan fingerprint density at radius 3 is 2.54 bits per heavy atom. The average molecular weight is 587 g/mol. The first-order valence-corrected chi connectivity index (χ1v) is 15.0. The molecule has 5 aromatic rings. The van der Waals surface area contributed by atoms with Crippen molar-refractivity contribution in [2.75, 3.05) is 38.2 Å². The van der Waals surface area contributed by atoms with Crippen molar-refractivity contribution in [3.63, 3.8) is 0 Å². The van der Waals surface area contributed by atoms with E-state index in [1.54, 1.807) is 24.1 Å². The van der Waals surface area contributed by atoms with Crippen LogP contribution in [0.5, 0.6) is 5.75 Å². The van der Waals surface area contributed by atoms with Crippen LogP contribution >= 0.6 is 23.1 Å². The first-order valence-electron chi connectivity index (χ1n) is 13.1. The van der Waals surface area contributed by atoms with Gasteiger partial charge >= 0.3 is 0 Å². The molecule has 0 spiro atoms. The van der Waals surface area contributed by atoms with Crippen molar-refractivity contribution >= 4 is 34.7 Å². The number of ether oxygens (including phenoxy) is 1. The highest BCUT2D eigenvalue weighted by atomic mass is 32.2. The fourth-order valence-electron chi connectivity index (χ4n) is 4.74. The van der Waals surface area contributed by atoms with Crippen LogP contribution in [0.25, 0.3) is 17.1 Å². The monoisotopic (exact) mass is 586 g/mol. The average Bonchev–Trinajstić information content (AvgIpc) is 3.68. The number of thioether (sulfide) groups is 1. The Morgan fingerprint density at radius 2 is 1.76 bits per heavy atom. The number of aromatic nitrogens is 4. The molecule has 3 aromatic carbocycles. The van der Waals surface area contributed by atoms with Gasteiger partial charge in [0, 0.05) is 42.8 Å². The summed E-state index contributed by atoms with van der Waals surface area (Å²) in [4.78, 5) is 21.6. The second-order valence-electron chi connectivity index (χ2n) is 9.35. The van der Waals surface area contributed by atoms with Gasteiger partial charge in [0.15, 0.2) is 11.0 Å². The maximum Gasteiger partial charge on any atom is 0.273 e. The Kier molecular flexibility index (Phi) is 7.97. The summed E-state index contributed by atoms with van der Waals surface area (Å²) in [6.07, 6.45) is 0. The van der Waals surface area contributed by atoms with E-state index in [0.717, 1.165) is 27.2 Å². The molecule has 3 heterocycles. The molecule has 0 bridgehead atoms. The quantitative estimate of drug-likeness (QED) is 0.213. The molecule has 1 fully saturated rings. The van der Waals surface area contributed by atoms with Crippen LogP contribution in [0.3, 0.4) is 0 Å². The molecule has 0 unspecified atom stereocenters. The first-order chi connectivity index (χ1) is 20.1. The number of para-hydroxylation sites is 2. The van der Waals surface area contributed by atoms with Crippen LogP contribution in [0, 0.1) is 5.82 Å². The molecule has 1 aliphatic rings. The normalized spacial score (nSPS) is 13.4. The van der Waals surface area contributed by atoms with Crippen LogP contribution in [-0.4, -0.2) is 63.8 Å². The zero-order valence-electron chi connectivity index (χ0n) is 22.3. The largest absolute Gasteiger partial charge is 0.497 e. The summed E-state index contributed by atoms with van der Waals surface area (Å²) >= 11 is 2.98. The number of hydrogen-bond acceptors (Lipinski definition) is 8. The van der Waals surface area contributed by atoms with Crippen molar-refractivity contribution in [2.45, 2.75) is 10.9 Å². The van der Waals surface area contributed by atoms with Crippen molar-refractivity contribution in [1.82, 2.24) is 24.6 Å². The number of carbonyl (C=O) groups excluding carboxylic acids is 1. The number of halogens is 1. The summed E-state index contributed by atoms with van der Waals surface area (Å²) in [5, 5.41) is 12.4. The number of carbonyl (C=O) groups is 1. The molecule has 0 radical (unpaired) electrons. The zero-order chi connectivity index (χ0) is 28.2. The fourth-order valence-corrected chi connectivity index (χ4v) is 6.48. The summed E-state index contributed by atoms with van der Waals surface area (Å²) in [7, 11) is 1.64. The van der Waals surface area contributed by atoms with Gasteiger partial charge in [-0.25, -0.2) is 9.37 Å². The SMILES string of the molecule is COc1cccc(-c2nnc(SCc3nc(C(=O)N4CCN(c5ccccc5F)CC4)cs3)n2-c2ccccc2)c1. The summed E-state index contributed by atoms with van der Waals surface area (Å²) < 4.78 is 21.6. The van der Waals surface area contributed by atoms with Gasteiger partial charge in [0.25, 0.3) is 5.91 Å². The van der Waals surface area contributed by atoms with E-state index in [2.05, 4.69) is 15.2 Å². The molecule has 1 amide bonds. The third-order valence-corrected chi connectivity index (χ3v) is 8.80. The second-order valence-corrected chi connectivity index (χ2v) is 11.2. The molecule has 11 heteroatoms. The number of amides is 1. The summed E-state index contributed by atoms with van der Waals surface area (Å²) in [5.74, 6) is 1.66. The molecule has 1 saturated heterocycles. The van der Waals surface area contributed by atoms with E-state index in [4.69, 9.17) is 4.74 Å². The Balaban J connectivity index is 1.15. The number of benzene rings is 3. The highest BCUT2D eigenvalue weighted by Gasteiger charge is 2.25. The maximum atomic E-state index is 14.2. The number of rotatable bonds is 8. The van der Waals surface area contributed by atoms with Crippen molar-refractivity contribution in [3.8, 4) is 22.8 Å². The van der Waals surface area contributed by atoms with E-state index in [-0.39, 0.29) is 11.7 Å². The van der Waals surface area contributed by atoms with E-state index >= 15 is 0 Å². The van der Waals surface area contributed by atoms with Gasteiger partial charge in [0.2, 0.25) is 0 Å². The van der Waals surface area contributed by atoms with E-state index in [9.17, 15) is 9.18 Å². The number of methoxy groups -OCH3 is 1. The number of anilines is 1. The van der Waals surface area contributed by atoms with Gasteiger partial charge in [-0.1, -0.05) is 54.2 Å². The van der Waals surface area contributed by atoms with Gasteiger partial charge < -0.3 is 14.5 Å². The number of nitrogens with zero attached hydrogens (tertiary/aromatic N) is 6. The van der Waals surface area contributed by atoms with Gasteiger partial charge in [-0.15, -0.1) is 21.5 Å². The molecule has 0 aliphatic carbocycles. The van der Waals surface area contributed by atoms with E-state index < -0.39 is 0 Å². The molecule has 1 aliphatic heterocycles. The highest BCUT2D eigenvalue weighted by Crippen LogP contribution is 2.32. The zero-order valence-corrected chi connectivity index (χ0v) is 23.9. The van der Waals surface area contributed by atoms with E-state index in [0.29, 0.717) is 49.1 Å². The Hall–Kier alpha value is -4.22. The lowest BCUT2D eigenvalue weighted by molar-refractivity contribution is 0.0741. The van der Waals surface area contributed by atoms with Crippen LogP contribution in [0.2, 0.25) is 0 Å². The minimum Gasteiger partial charge on any atom is -0.497 e. The molecule has 6 rings (SSSR count). The third kappa shape index (κ3) is 5.82. The third-order valence-electron chi connectivity index (χ3n) is 6.83. The number of hydrogen-bond donors (Lipinski definition) is 0. The molecule has 2 aromatic heterocycles. The van der Waals surface area contributed by atoms with Crippen LogP contribution in [0.15, 0.2) is 89.4 Å².